The molecule has 0 aromatic heterocycles. The van der Waals surface area contributed by atoms with Crippen LogP contribution in [-0.4, -0.2) is 25.7 Å². The topological polar surface area (TPSA) is 45.7 Å². The maximum atomic E-state index is 5.63. The summed E-state index contributed by atoms with van der Waals surface area (Å²) in [5.74, 6) is 2.48. The summed E-state index contributed by atoms with van der Waals surface area (Å²) in [6.07, 6.45) is 1.14. The molecule has 0 aliphatic rings. The number of hydrogen-bond donors (Lipinski definition) is 2. The van der Waals surface area contributed by atoms with E-state index in [1.165, 1.54) is 0 Å². The van der Waals surface area contributed by atoms with Crippen LogP contribution < -0.4 is 15.4 Å². The summed E-state index contributed by atoms with van der Waals surface area (Å²) in [5, 5.41) is 6.65. The van der Waals surface area contributed by atoms with Crippen molar-refractivity contribution in [2.75, 3.05) is 19.7 Å². The van der Waals surface area contributed by atoms with Crippen molar-refractivity contribution in [1.29, 1.82) is 0 Å². The van der Waals surface area contributed by atoms with Gasteiger partial charge in [0.15, 0.2) is 5.96 Å². The Balaban J connectivity index is 0.00000441. The lowest BCUT2D eigenvalue weighted by Crippen LogP contribution is -2.38. The molecule has 0 radical (unpaired) electrons. The Hall–Kier alpha value is -0.980. The zero-order valence-electron chi connectivity index (χ0n) is 14.2. The number of hydrogen-bond acceptors (Lipinski definition) is 2. The molecule has 0 atom stereocenters. The Morgan fingerprint density at radius 2 is 1.91 bits per heavy atom. The molecule has 0 aliphatic heterocycles. The molecule has 1 aromatic carbocycles. The highest BCUT2D eigenvalue weighted by atomic mass is 127. The summed E-state index contributed by atoms with van der Waals surface area (Å²) in [4.78, 5) is 4.64. The normalized spacial score (nSPS) is 11.0. The van der Waals surface area contributed by atoms with E-state index in [0.717, 1.165) is 36.8 Å². The smallest absolute Gasteiger partial charge is 0.191 e. The Morgan fingerprint density at radius 1 is 1.18 bits per heavy atom. The summed E-state index contributed by atoms with van der Waals surface area (Å²) in [5.41, 5.74) is 1.11. The van der Waals surface area contributed by atoms with Gasteiger partial charge in [0, 0.05) is 18.7 Å². The maximum Gasteiger partial charge on any atom is 0.191 e. The first kappa shape index (κ1) is 21.0. The van der Waals surface area contributed by atoms with Crippen LogP contribution in [0.4, 0.5) is 0 Å². The van der Waals surface area contributed by atoms with E-state index in [2.05, 4.69) is 42.5 Å². The molecule has 4 nitrogen and oxygen atoms in total. The van der Waals surface area contributed by atoms with Crippen molar-refractivity contribution in [2.24, 2.45) is 10.9 Å². The summed E-state index contributed by atoms with van der Waals surface area (Å²) in [7, 11) is 0. The van der Waals surface area contributed by atoms with E-state index >= 15 is 0 Å². The largest absolute Gasteiger partial charge is 0.494 e. The number of ether oxygens (including phenoxy) is 1. The lowest BCUT2D eigenvalue weighted by atomic mass is 10.1. The van der Waals surface area contributed by atoms with Gasteiger partial charge >= 0.3 is 0 Å². The molecule has 1 aromatic rings. The number of benzene rings is 1. The molecule has 22 heavy (non-hydrogen) atoms. The molecule has 0 saturated heterocycles. The van der Waals surface area contributed by atoms with Gasteiger partial charge in [-0.3, -0.25) is 0 Å². The molecule has 126 valence electrons. The first-order valence-electron chi connectivity index (χ1n) is 7.90. The molecule has 0 fully saturated rings. The third-order valence-electron chi connectivity index (χ3n) is 3.04. The molecule has 0 unspecified atom stereocenters. The van der Waals surface area contributed by atoms with Gasteiger partial charge in [0.05, 0.1) is 13.2 Å². The molecule has 0 amide bonds. The summed E-state index contributed by atoms with van der Waals surface area (Å²) >= 11 is 0. The first-order chi connectivity index (χ1) is 10.2. The number of guanidine groups is 1. The highest BCUT2D eigenvalue weighted by molar-refractivity contribution is 14.0. The number of para-hydroxylation sites is 1. The molecular weight excluding hydrogens is 389 g/mol. The minimum Gasteiger partial charge on any atom is -0.494 e. The van der Waals surface area contributed by atoms with Crippen molar-refractivity contribution in [3.05, 3.63) is 29.8 Å². The van der Waals surface area contributed by atoms with E-state index in [1.807, 2.05) is 25.1 Å². The fraction of sp³-hybridized carbons (Fsp3) is 0.588. The number of aliphatic imine (C=N–C) groups is 1. The average molecular weight is 419 g/mol. The highest BCUT2D eigenvalue weighted by Gasteiger charge is 2.03. The maximum absolute atomic E-state index is 5.63. The van der Waals surface area contributed by atoms with Crippen LogP contribution in [0.25, 0.3) is 0 Å². The molecular formula is C17H30IN3O. The van der Waals surface area contributed by atoms with Crippen LogP contribution in [-0.2, 0) is 6.54 Å². The monoisotopic (exact) mass is 419 g/mol. The van der Waals surface area contributed by atoms with Crippen LogP contribution >= 0.6 is 24.0 Å². The zero-order valence-corrected chi connectivity index (χ0v) is 16.5. The van der Waals surface area contributed by atoms with Gasteiger partial charge in [-0.15, -0.1) is 24.0 Å². The second-order valence-electron chi connectivity index (χ2n) is 5.35. The Labute approximate surface area is 152 Å². The van der Waals surface area contributed by atoms with Gasteiger partial charge in [-0.2, -0.15) is 0 Å². The van der Waals surface area contributed by atoms with Crippen LogP contribution in [0.1, 0.15) is 39.7 Å². The minimum absolute atomic E-state index is 0. The molecule has 0 spiro atoms. The van der Waals surface area contributed by atoms with Gasteiger partial charge in [0.2, 0.25) is 0 Å². The predicted octanol–water partition coefficient (Wildman–Crippen LogP) is 3.80. The van der Waals surface area contributed by atoms with E-state index < -0.39 is 0 Å². The third kappa shape index (κ3) is 8.46. The number of rotatable bonds is 8. The SMILES string of the molecule is CCNC(=NCc1ccccc1OCC)NCCC(C)C.I. The molecule has 0 heterocycles. The van der Waals surface area contributed by atoms with Crippen LogP contribution in [0.2, 0.25) is 0 Å². The van der Waals surface area contributed by atoms with E-state index in [0.29, 0.717) is 19.1 Å². The van der Waals surface area contributed by atoms with Crippen molar-refractivity contribution >= 4 is 29.9 Å². The molecule has 2 N–H and O–H groups in total. The molecule has 0 aliphatic carbocycles. The van der Waals surface area contributed by atoms with Gasteiger partial charge in [-0.1, -0.05) is 32.0 Å². The van der Waals surface area contributed by atoms with E-state index in [-0.39, 0.29) is 24.0 Å². The first-order valence-corrected chi connectivity index (χ1v) is 7.90. The van der Waals surface area contributed by atoms with Crippen molar-refractivity contribution < 1.29 is 4.74 Å². The van der Waals surface area contributed by atoms with Crippen molar-refractivity contribution in [2.45, 2.75) is 40.7 Å². The van der Waals surface area contributed by atoms with Gasteiger partial charge in [0.1, 0.15) is 5.75 Å². The molecule has 0 saturated carbocycles. The minimum atomic E-state index is 0. The molecule has 5 heteroatoms. The fourth-order valence-electron chi connectivity index (χ4n) is 1.92. The summed E-state index contributed by atoms with van der Waals surface area (Å²) < 4.78 is 5.63. The molecule has 1 rings (SSSR count). The van der Waals surface area contributed by atoms with Crippen molar-refractivity contribution in [3.63, 3.8) is 0 Å². The van der Waals surface area contributed by atoms with Gasteiger partial charge in [0.25, 0.3) is 0 Å². The lowest BCUT2D eigenvalue weighted by Gasteiger charge is -2.13. The third-order valence-corrected chi connectivity index (χ3v) is 3.04. The zero-order chi connectivity index (χ0) is 15.5. The van der Waals surface area contributed by atoms with Crippen LogP contribution in [0.3, 0.4) is 0 Å². The van der Waals surface area contributed by atoms with Crippen LogP contribution in [0.5, 0.6) is 5.75 Å². The van der Waals surface area contributed by atoms with Crippen LogP contribution in [0, 0.1) is 5.92 Å². The van der Waals surface area contributed by atoms with E-state index in [9.17, 15) is 0 Å². The van der Waals surface area contributed by atoms with Crippen LogP contribution in [0.15, 0.2) is 29.3 Å². The standard InChI is InChI=1S/C17H29N3O.HI/c1-5-18-17(19-12-11-14(3)4)20-13-15-9-7-8-10-16(15)21-6-2;/h7-10,14H,5-6,11-13H2,1-4H3,(H2,18,19,20);1H. The van der Waals surface area contributed by atoms with Gasteiger partial charge < -0.3 is 15.4 Å². The van der Waals surface area contributed by atoms with Crippen molar-refractivity contribution in [1.82, 2.24) is 10.6 Å². The second-order valence-corrected chi connectivity index (χ2v) is 5.35. The van der Waals surface area contributed by atoms with Gasteiger partial charge in [-0.25, -0.2) is 4.99 Å². The average Bonchev–Trinajstić information content (AvgIpc) is 2.46. The highest BCUT2D eigenvalue weighted by Crippen LogP contribution is 2.18. The summed E-state index contributed by atoms with van der Waals surface area (Å²) in [6.45, 7) is 11.6. The van der Waals surface area contributed by atoms with E-state index in [4.69, 9.17) is 4.74 Å². The Bertz CT molecular complexity index is 436. The van der Waals surface area contributed by atoms with Gasteiger partial charge in [-0.05, 0) is 32.3 Å². The lowest BCUT2D eigenvalue weighted by molar-refractivity contribution is 0.336. The summed E-state index contributed by atoms with van der Waals surface area (Å²) in [6, 6.07) is 8.07. The van der Waals surface area contributed by atoms with E-state index in [1.54, 1.807) is 0 Å². The number of nitrogens with zero attached hydrogens (tertiary/aromatic N) is 1. The number of nitrogens with one attached hydrogen (secondary N) is 2. The number of halogens is 1. The van der Waals surface area contributed by atoms with Crippen molar-refractivity contribution in [3.8, 4) is 5.75 Å². The fourth-order valence-corrected chi connectivity index (χ4v) is 1.92. The Morgan fingerprint density at radius 3 is 2.55 bits per heavy atom. The quantitative estimate of drug-likeness (QED) is 0.383. The predicted molar refractivity (Wildman–Crippen MR) is 105 cm³/mol. The second kappa shape index (κ2) is 12.6. The Kier molecular flexibility index (Phi) is 12.0. The molecule has 0 bridgehead atoms.